The molecule has 0 unspecified atom stereocenters. The van der Waals surface area contributed by atoms with Crippen LogP contribution in [0.4, 0.5) is 5.69 Å². The molecule has 0 radical (unpaired) electrons. The largest absolute Gasteiger partial charge is 0.477 e. The number of hydrogen-bond donors (Lipinski definition) is 2. The summed E-state index contributed by atoms with van der Waals surface area (Å²) in [6, 6.07) is 3.62. The van der Waals surface area contributed by atoms with Crippen molar-refractivity contribution in [3.05, 3.63) is 47.6 Å². The van der Waals surface area contributed by atoms with Gasteiger partial charge in [0.15, 0.2) is 5.01 Å². The highest BCUT2D eigenvalue weighted by molar-refractivity contribution is 7.93. The van der Waals surface area contributed by atoms with E-state index in [-0.39, 0.29) is 16.2 Å². The maximum absolute atomic E-state index is 13.5. The standard InChI is InChI=1S/C27H34N8O4S2/c1-2-39-25-16-28-14-22(31-25)24-15-30-27(40-24)26(36)32-23(17-34-9-11-35(12-10-34)19-3-4-19)21-13-18(7-8-29-21)33-41(37,38)20-5-6-20/h7-8,13-16,19-20,23H,2-6,9-12,17H2,1H3,(H,29,33)(H,32,36)/t23-/m1/s1. The van der Waals surface area contributed by atoms with Gasteiger partial charge in [-0.25, -0.2) is 18.4 Å². The van der Waals surface area contributed by atoms with E-state index in [0.29, 0.717) is 53.8 Å². The number of nitrogens with zero attached hydrogens (tertiary/aromatic N) is 6. The fourth-order valence-electron chi connectivity index (χ4n) is 4.95. The maximum atomic E-state index is 13.5. The number of amides is 1. The molecule has 14 heteroatoms. The minimum atomic E-state index is -3.42. The van der Waals surface area contributed by atoms with Crippen molar-refractivity contribution in [1.29, 1.82) is 0 Å². The van der Waals surface area contributed by atoms with Crippen LogP contribution in [0, 0.1) is 0 Å². The molecule has 3 aliphatic rings. The predicted molar refractivity (Wildman–Crippen MR) is 155 cm³/mol. The van der Waals surface area contributed by atoms with Gasteiger partial charge in [-0.2, -0.15) is 0 Å². The number of carbonyl (C=O) groups is 1. The molecule has 0 spiro atoms. The summed E-state index contributed by atoms with van der Waals surface area (Å²) >= 11 is 1.22. The number of sulfonamides is 1. The van der Waals surface area contributed by atoms with Crippen LogP contribution < -0.4 is 14.8 Å². The van der Waals surface area contributed by atoms with Crippen molar-refractivity contribution in [3.63, 3.8) is 0 Å². The van der Waals surface area contributed by atoms with Gasteiger partial charge < -0.3 is 10.1 Å². The first-order valence-corrected chi connectivity index (χ1v) is 16.4. The van der Waals surface area contributed by atoms with Gasteiger partial charge in [0.25, 0.3) is 5.91 Å². The van der Waals surface area contributed by atoms with Gasteiger partial charge in [0, 0.05) is 51.2 Å². The molecule has 2 saturated carbocycles. The van der Waals surface area contributed by atoms with E-state index < -0.39 is 16.1 Å². The third-order valence-electron chi connectivity index (χ3n) is 7.43. The molecule has 1 atom stereocenters. The molecule has 12 nitrogen and oxygen atoms in total. The minimum absolute atomic E-state index is 0.290. The number of pyridine rings is 1. The van der Waals surface area contributed by atoms with Crippen LogP contribution in [0.3, 0.4) is 0 Å². The molecule has 1 saturated heterocycles. The van der Waals surface area contributed by atoms with Crippen LogP contribution in [-0.2, 0) is 10.0 Å². The quantitative estimate of drug-likeness (QED) is 0.319. The molecule has 4 heterocycles. The average Bonchev–Trinajstić information content (AvgIpc) is 3.91. The summed E-state index contributed by atoms with van der Waals surface area (Å²) in [6.45, 7) is 6.69. The Morgan fingerprint density at radius 3 is 2.66 bits per heavy atom. The second-order valence-corrected chi connectivity index (χ2v) is 13.6. The van der Waals surface area contributed by atoms with E-state index in [0.717, 1.165) is 32.2 Å². The normalized spacial score (nSPS) is 19.0. The van der Waals surface area contributed by atoms with Gasteiger partial charge in [-0.15, -0.1) is 11.3 Å². The Hall–Kier alpha value is -3.20. The number of aromatic nitrogens is 4. The van der Waals surface area contributed by atoms with Gasteiger partial charge in [-0.05, 0) is 44.7 Å². The van der Waals surface area contributed by atoms with Gasteiger partial charge in [-0.1, -0.05) is 0 Å². The highest BCUT2D eigenvalue weighted by atomic mass is 32.2. The summed E-state index contributed by atoms with van der Waals surface area (Å²) in [5, 5.41) is 3.07. The molecule has 2 aliphatic carbocycles. The lowest BCUT2D eigenvalue weighted by Gasteiger charge is -2.36. The number of thiazole rings is 1. The molecule has 3 fully saturated rings. The van der Waals surface area contributed by atoms with Gasteiger partial charge >= 0.3 is 0 Å². The van der Waals surface area contributed by atoms with E-state index in [1.165, 1.54) is 24.2 Å². The van der Waals surface area contributed by atoms with Crippen LogP contribution in [0.5, 0.6) is 5.88 Å². The number of ether oxygens (including phenoxy) is 1. The van der Waals surface area contributed by atoms with Crippen molar-refractivity contribution in [3.8, 4) is 16.5 Å². The fourth-order valence-corrected chi connectivity index (χ4v) is 7.10. The van der Waals surface area contributed by atoms with Gasteiger partial charge in [0.05, 0.1) is 46.6 Å². The van der Waals surface area contributed by atoms with Crippen LogP contribution >= 0.6 is 11.3 Å². The number of carbonyl (C=O) groups excluding carboxylic acids is 1. The van der Waals surface area contributed by atoms with Crippen molar-refractivity contribution in [2.24, 2.45) is 0 Å². The first kappa shape index (κ1) is 27.9. The zero-order valence-electron chi connectivity index (χ0n) is 22.9. The fraction of sp³-hybridized carbons (Fsp3) is 0.519. The van der Waals surface area contributed by atoms with Gasteiger partial charge in [0.1, 0.15) is 5.69 Å². The van der Waals surface area contributed by atoms with E-state index in [1.54, 1.807) is 36.9 Å². The van der Waals surface area contributed by atoms with E-state index in [9.17, 15) is 13.2 Å². The lowest BCUT2D eigenvalue weighted by molar-refractivity contribution is 0.0889. The minimum Gasteiger partial charge on any atom is -0.477 e. The van der Waals surface area contributed by atoms with Crippen LogP contribution in [0.2, 0.25) is 0 Å². The zero-order chi connectivity index (χ0) is 28.4. The van der Waals surface area contributed by atoms with Crippen molar-refractivity contribution in [2.75, 3.05) is 44.1 Å². The number of piperazine rings is 1. The highest BCUT2D eigenvalue weighted by Gasteiger charge is 2.36. The highest BCUT2D eigenvalue weighted by Crippen LogP contribution is 2.31. The summed E-state index contributed by atoms with van der Waals surface area (Å²) < 4.78 is 33.2. The second-order valence-electron chi connectivity index (χ2n) is 10.6. The molecule has 1 aliphatic heterocycles. The molecule has 2 N–H and O–H groups in total. The Bertz CT molecular complexity index is 1480. The summed E-state index contributed by atoms with van der Waals surface area (Å²) in [5.41, 5.74) is 1.62. The number of hydrogen-bond acceptors (Lipinski definition) is 11. The van der Waals surface area contributed by atoms with Crippen molar-refractivity contribution in [2.45, 2.75) is 49.9 Å². The number of anilines is 1. The Kier molecular flexibility index (Phi) is 8.15. The zero-order valence-corrected chi connectivity index (χ0v) is 24.5. The molecule has 1 amide bonds. The Balaban J connectivity index is 1.19. The van der Waals surface area contributed by atoms with Crippen LogP contribution in [0.15, 0.2) is 36.9 Å². The lowest BCUT2D eigenvalue weighted by Crippen LogP contribution is -2.49. The first-order valence-electron chi connectivity index (χ1n) is 14.0. The number of rotatable bonds is 12. The molecular formula is C27H34N8O4S2. The van der Waals surface area contributed by atoms with Crippen molar-refractivity contribution in [1.82, 2.24) is 35.1 Å². The topological polar surface area (TPSA) is 143 Å². The van der Waals surface area contributed by atoms with Crippen LogP contribution in [0.1, 0.15) is 54.1 Å². The molecule has 218 valence electrons. The Morgan fingerprint density at radius 1 is 1.12 bits per heavy atom. The summed E-state index contributed by atoms with van der Waals surface area (Å²) in [4.78, 5) is 36.5. The second kappa shape index (κ2) is 12.0. The number of nitrogens with one attached hydrogen (secondary N) is 2. The molecule has 3 aromatic heterocycles. The smallest absolute Gasteiger partial charge is 0.280 e. The Labute approximate surface area is 243 Å². The Morgan fingerprint density at radius 2 is 1.93 bits per heavy atom. The first-order chi connectivity index (χ1) is 19.9. The molecule has 0 bridgehead atoms. The van der Waals surface area contributed by atoms with E-state index in [1.807, 2.05) is 6.92 Å². The van der Waals surface area contributed by atoms with E-state index in [4.69, 9.17) is 4.74 Å². The average molecular weight is 599 g/mol. The monoisotopic (exact) mass is 598 g/mol. The van der Waals surface area contributed by atoms with E-state index in [2.05, 4.69) is 39.8 Å². The molecule has 0 aromatic carbocycles. The summed E-state index contributed by atoms with van der Waals surface area (Å²) in [6.07, 6.45) is 10.3. The third kappa shape index (κ3) is 7.00. The van der Waals surface area contributed by atoms with Crippen molar-refractivity contribution >= 4 is 33.0 Å². The summed E-state index contributed by atoms with van der Waals surface area (Å²) in [7, 11) is -3.42. The molecule has 6 rings (SSSR count). The molecular weight excluding hydrogens is 564 g/mol. The predicted octanol–water partition coefficient (Wildman–Crippen LogP) is 2.55. The lowest BCUT2D eigenvalue weighted by atomic mass is 10.1. The van der Waals surface area contributed by atoms with Crippen LogP contribution in [-0.4, -0.2) is 94.7 Å². The SMILES string of the molecule is CCOc1cncc(-c2cnc(C(=O)N[C@H](CN3CCN(C4CC4)CC3)c3cc(NS(=O)(=O)C4CC4)ccn3)s2)n1. The van der Waals surface area contributed by atoms with Crippen molar-refractivity contribution < 1.29 is 17.9 Å². The molecule has 41 heavy (non-hydrogen) atoms. The molecule has 3 aromatic rings. The van der Waals surface area contributed by atoms with Gasteiger partial charge in [0.2, 0.25) is 15.9 Å². The maximum Gasteiger partial charge on any atom is 0.280 e. The summed E-state index contributed by atoms with van der Waals surface area (Å²) in [5.74, 6) is 0.0806. The van der Waals surface area contributed by atoms with Crippen LogP contribution in [0.25, 0.3) is 10.6 Å². The van der Waals surface area contributed by atoms with Gasteiger partial charge in [-0.3, -0.25) is 29.3 Å². The third-order valence-corrected chi connectivity index (χ3v) is 10.3. The van der Waals surface area contributed by atoms with E-state index >= 15 is 0 Å².